The van der Waals surface area contributed by atoms with Crippen molar-refractivity contribution in [2.75, 3.05) is 13.2 Å². The lowest BCUT2D eigenvalue weighted by atomic mass is 10.0. The molecule has 0 saturated carbocycles. The Hall–Kier alpha value is -5.69. The molecule has 0 aliphatic carbocycles. The maximum atomic E-state index is 12.9. The molecule has 0 atom stereocenters. The number of unbranched alkanes of at least 4 members (excludes halogenated alkanes) is 6. The van der Waals surface area contributed by atoms with E-state index in [9.17, 15) is 9.59 Å². The maximum absolute atomic E-state index is 12.9. The second-order valence-electron chi connectivity index (χ2n) is 12.5. The van der Waals surface area contributed by atoms with Crippen molar-refractivity contribution in [2.24, 2.45) is 4.99 Å². The van der Waals surface area contributed by atoms with Crippen LogP contribution in [0.2, 0.25) is 0 Å². The van der Waals surface area contributed by atoms with Gasteiger partial charge in [-0.25, -0.2) is 9.59 Å². The molecule has 0 aliphatic rings. The van der Waals surface area contributed by atoms with Gasteiger partial charge in [-0.15, -0.1) is 0 Å². The molecule has 268 valence electrons. The average molecular weight is 698 g/mol. The summed E-state index contributed by atoms with van der Waals surface area (Å²) in [5, 5.41) is 0. The molecule has 0 heterocycles. The van der Waals surface area contributed by atoms with Crippen molar-refractivity contribution in [3.63, 3.8) is 0 Å². The minimum absolute atomic E-state index is 0.413. The second kappa shape index (κ2) is 20.2. The third-order valence-electron chi connectivity index (χ3n) is 8.41. The van der Waals surface area contributed by atoms with Gasteiger partial charge in [0.2, 0.25) is 0 Å². The summed E-state index contributed by atoms with van der Waals surface area (Å²) in [7, 11) is 0. The van der Waals surface area contributed by atoms with E-state index in [-0.39, 0.29) is 0 Å². The Bertz CT molecular complexity index is 1860. The van der Waals surface area contributed by atoms with Crippen LogP contribution >= 0.6 is 0 Å². The van der Waals surface area contributed by atoms with E-state index in [0.717, 1.165) is 54.1 Å². The summed E-state index contributed by atoms with van der Waals surface area (Å²) in [5.41, 5.74) is 4.37. The fourth-order valence-corrected chi connectivity index (χ4v) is 5.38. The Kier molecular flexibility index (Phi) is 14.6. The molecule has 0 bridgehead atoms. The van der Waals surface area contributed by atoms with Crippen molar-refractivity contribution < 1.29 is 28.5 Å². The zero-order chi connectivity index (χ0) is 36.4. The van der Waals surface area contributed by atoms with Gasteiger partial charge in [0, 0.05) is 6.21 Å². The zero-order valence-corrected chi connectivity index (χ0v) is 30.1. The monoisotopic (exact) mass is 697 g/mol. The largest absolute Gasteiger partial charge is 0.494 e. The Balaban J connectivity index is 1.08. The van der Waals surface area contributed by atoms with Crippen LogP contribution in [0.25, 0.3) is 11.1 Å². The molecule has 0 spiro atoms. The molecular formula is C45H47NO6. The highest BCUT2D eigenvalue weighted by Gasteiger charge is 2.11. The Morgan fingerprint density at radius 3 is 1.65 bits per heavy atom. The van der Waals surface area contributed by atoms with Crippen LogP contribution in [0.5, 0.6) is 23.0 Å². The summed E-state index contributed by atoms with van der Waals surface area (Å²) >= 11 is 0. The van der Waals surface area contributed by atoms with Gasteiger partial charge >= 0.3 is 11.9 Å². The van der Waals surface area contributed by atoms with Gasteiger partial charge in [0.25, 0.3) is 0 Å². The lowest BCUT2D eigenvalue weighted by molar-refractivity contribution is 0.0725. The van der Waals surface area contributed by atoms with Crippen molar-refractivity contribution in [1.29, 1.82) is 0 Å². The van der Waals surface area contributed by atoms with Crippen molar-refractivity contribution in [3.05, 3.63) is 138 Å². The van der Waals surface area contributed by atoms with E-state index in [1.165, 1.54) is 32.1 Å². The van der Waals surface area contributed by atoms with E-state index in [2.05, 4.69) is 18.8 Å². The van der Waals surface area contributed by atoms with Crippen LogP contribution in [0.15, 0.2) is 126 Å². The van der Waals surface area contributed by atoms with E-state index in [4.69, 9.17) is 18.9 Å². The van der Waals surface area contributed by atoms with Crippen molar-refractivity contribution >= 4 is 23.8 Å². The first-order valence-electron chi connectivity index (χ1n) is 18.3. The van der Waals surface area contributed by atoms with Gasteiger partial charge in [-0.1, -0.05) is 88.8 Å². The molecule has 0 aliphatic heterocycles. The number of esters is 2. The molecule has 7 heteroatoms. The predicted molar refractivity (Wildman–Crippen MR) is 208 cm³/mol. The molecular weight excluding hydrogens is 650 g/mol. The lowest BCUT2D eigenvalue weighted by Crippen LogP contribution is -2.08. The fourth-order valence-electron chi connectivity index (χ4n) is 5.38. The summed E-state index contributed by atoms with van der Waals surface area (Å²) < 4.78 is 22.8. The van der Waals surface area contributed by atoms with E-state index in [1.54, 1.807) is 85.1 Å². The van der Waals surface area contributed by atoms with Gasteiger partial charge in [0.05, 0.1) is 30.0 Å². The number of hydrogen-bond donors (Lipinski definition) is 0. The molecule has 0 aromatic heterocycles. The SMILES string of the molecule is CCCCCCCCOc1ccc(-c2ccc(C(=O)Oc3cccc(C=Nc4ccc(OC(=O)c5ccc(OCCCC)cc5)cc4)c3)cc2)cc1. The summed E-state index contributed by atoms with van der Waals surface area (Å²) in [5.74, 6) is 1.53. The Labute approximate surface area is 307 Å². The minimum Gasteiger partial charge on any atom is -0.494 e. The van der Waals surface area contributed by atoms with Gasteiger partial charge in [-0.2, -0.15) is 0 Å². The van der Waals surface area contributed by atoms with Crippen molar-refractivity contribution in [3.8, 4) is 34.1 Å². The molecule has 5 aromatic carbocycles. The number of carbonyl (C=O) groups excluding carboxylic acids is 2. The van der Waals surface area contributed by atoms with Crippen LogP contribution in [0.3, 0.4) is 0 Å². The van der Waals surface area contributed by atoms with Crippen LogP contribution < -0.4 is 18.9 Å². The van der Waals surface area contributed by atoms with Crippen molar-refractivity contribution in [2.45, 2.75) is 65.2 Å². The normalized spacial score (nSPS) is 11.0. The molecule has 5 aromatic rings. The number of aliphatic imine (C=N–C) groups is 1. The summed E-state index contributed by atoms with van der Waals surface area (Å²) in [6.07, 6.45) is 11.1. The molecule has 52 heavy (non-hydrogen) atoms. The zero-order valence-electron chi connectivity index (χ0n) is 30.1. The summed E-state index contributed by atoms with van der Waals surface area (Å²) in [6, 6.07) is 36.4. The topological polar surface area (TPSA) is 83.4 Å². The molecule has 0 amide bonds. The summed E-state index contributed by atoms with van der Waals surface area (Å²) in [6.45, 7) is 5.72. The molecule has 0 radical (unpaired) electrons. The smallest absolute Gasteiger partial charge is 0.343 e. The number of nitrogens with zero attached hydrogens (tertiary/aromatic N) is 1. The number of rotatable bonds is 19. The van der Waals surface area contributed by atoms with Crippen LogP contribution in [0, 0.1) is 0 Å². The fraction of sp³-hybridized carbons (Fsp3) is 0.267. The quantitative estimate of drug-likeness (QED) is 0.0370. The third-order valence-corrected chi connectivity index (χ3v) is 8.41. The predicted octanol–water partition coefficient (Wildman–Crippen LogP) is 11.5. The van der Waals surface area contributed by atoms with E-state index in [1.807, 2.05) is 42.5 Å². The van der Waals surface area contributed by atoms with Gasteiger partial charge in [0.15, 0.2) is 0 Å². The number of benzene rings is 5. The van der Waals surface area contributed by atoms with Crippen molar-refractivity contribution in [1.82, 2.24) is 0 Å². The number of hydrogen-bond acceptors (Lipinski definition) is 7. The average Bonchev–Trinajstić information content (AvgIpc) is 3.18. The van der Waals surface area contributed by atoms with Gasteiger partial charge in [0.1, 0.15) is 23.0 Å². The molecule has 0 saturated heterocycles. The molecule has 0 fully saturated rings. The number of carbonyl (C=O) groups is 2. The van der Waals surface area contributed by atoms with Gasteiger partial charge in [-0.3, -0.25) is 4.99 Å². The standard InChI is InChI=1S/C45H47NO6/c1-3-5-7-8-9-10-31-50-40-24-18-36(19-25-40)35-14-16-37(17-15-35)45(48)52-43-13-11-12-34(32-43)33-46-39-22-28-42(29-23-39)51-44(47)38-20-26-41(27-21-38)49-30-6-4-2/h11-29,32-33H,3-10,30-31H2,1-2H3. The minimum atomic E-state index is -0.451. The molecule has 0 N–H and O–H groups in total. The van der Waals surface area contributed by atoms with Gasteiger partial charge < -0.3 is 18.9 Å². The van der Waals surface area contributed by atoms with Crippen LogP contribution in [-0.4, -0.2) is 31.4 Å². The molecule has 5 rings (SSSR count). The lowest BCUT2D eigenvalue weighted by Gasteiger charge is -2.09. The highest BCUT2D eigenvalue weighted by atomic mass is 16.5. The highest BCUT2D eigenvalue weighted by molar-refractivity contribution is 5.92. The first kappa shape index (κ1) is 37.6. The third kappa shape index (κ3) is 12.0. The van der Waals surface area contributed by atoms with E-state index in [0.29, 0.717) is 34.9 Å². The van der Waals surface area contributed by atoms with Gasteiger partial charge in [-0.05, 0) is 114 Å². The Morgan fingerprint density at radius 1 is 0.519 bits per heavy atom. The molecule has 7 nitrogen and oxygen atoms in total. The summed E-state index contributed by atoms with van der Waals surface area (Å²) in [4.78, 5) is 30.1. The first-order chi connectivity index (χ1) is 25.5. The van der Waals surface area contributed by atoms with E-state index >= 15 is 0 Å². The second-order valence-corrected chi connectivity index (χ2v) is 12.5. The first-order valence-corrected chi connectivity index (χ1v) is 18.3. The highest BCUT2D eigenvalue weighted by Crippen LogP contribution is 2.25. The Morgan fingerprint density at radius 2 is 1.02 bits per heavy atom. The van der Waals surface area contributed by atoms with Crippen LogP contribution in [0.1, 0.15) is 91.5 Å². The maximum Gasteiger partial charge on any atom is 0.343 e. The molecule has 0 unspecified atom stereocenters. The number of ether oxygens (including phenoxy) is 4. The van der Waals surface area contributed by atoms with E-state index < -0.39 is 11.9 Å². The van der Waals surface area contributed by atoms with Crippen LogP contribution in [-0.2, 0) is 0 Å². The van der Waals surface area contributed by atoms with Crippen LogP contribution in [0.4, 0.5) is 5.69 Å².